The molecule has 0 spiro atoms. The summed E-state index contributed by atoms with van der Waals surface area (Å²) in [5.41, 5.74) is 56.3. The fourth-order valence-corrected chi connectivity index (χ4v) is 9.15. The average Bonchev–Trinajstić information content (AvgIpc) is 3.79. The monoisotopic (exact) mass is 672 g/mol. The molecule has 17 unspecified atom stereocenters. The molecule has 278 valence electrons. The first-order valence-corrected chi connectivity index (χ1v) is 19.5. The van der Waals surface area contributed by atoms with Crippen molar-refractivity contribution in [1.82, 2.24) is 0 Å². The molecule has 3 aliphatic carbocycles. The first kappa shape index (κ1) is 41.3. The zero-order chi connectivity index (χ0) is 35.5. The van der Waals surface area contributed by atoms with Crippen molar-refractivity contribution in [1.29, 1.82) is 0 Å². The molecule has 0 bridgehead atoms. The molecule has 0 heterocycles. The fourth-order valence-electron chi connectivity index (χ4n) is 9.15. The molecular formula is C39H77N9. The maximum absolute atomic E-state index is 6.53. The van der Waals surface area contributed by atoms with Crippen LogP contribution < -0.4 is 51.6 Å². The third-order valence-electron chi connectivity index (χ3n) is 12.8. The molecule has 48 heavy (non-hydrogen) atoms. The molecule has 0 radical (unpaired) electrons. The summed E-state index contributed by atoms with van der Waals surface area (Å²) in [6, 6.07) is -0.920. The van der Waals surface area contributed by atoms with E-state index in [-0.39, 0.29) is 54.4 Å². The highest BCUT2D eigenvalue weighted by molar-refractivity contribution is 5.08. The molecule has 18 N–H and O–H groups in total. The molecular weight excluding hydrogens is 594 g/mol. The van der Waals surface area contributed by atoms with Gasteiger partial charge in [0.1, 0.15) is 0 Å². The number of nitrogens with two attached hydrogens (primary N) is 9. The van der Waals surface area contributed by atoms with Gasteiger partial charge in [-0.15, -0.1) is 6.58 Å². The van der Waals surface area contributed by atoms with Gasteiger partial charge < -0.3 is 51.6 Å². The average molecular weight is 672 g/mol. The largest absolute Gasteiger partial charge is 0.326 e. The summed E-state index contributed by atoms with van der Waals surface area (Å²) in [5, 5.41) is 0. The predicted molar refractivity (Wildman–Crippen MR) is 205 cm³/mol. The lowest BCUT2D eigenvalue weighted by molar-refractivity contribution is 0.356. The maximum atomic E-state index is 6.53. The van der Waals surface area contributed by atoms with Crippen LogP contribution in [0.15, 0.2) is 37.0 Å². The molecule has 0 aromatic rings. The number of allylic oxidation sites excluding steroid dienone is 5. The van der Waals surface area contributed by atoms with Crippen molar-refractivity contribution in [2.45, 2.75) is 159 Å². The Balaban J connectivity index is 1.63. The van der Waals surface area contributed by atoms with Crippen LogP contribution in [0.2, 0.25) is 0 Å². The van der Waals surface area contributed by atoms with Crippen LogP contribution in [0.3, 0.4) is 0 Å². The van der Waals surface area contributed by atoms with Crippen molar-refractivity contribution in [3.8, 4) is 0 Å². The van der Waals surface area contributed by atoms with E-state index in [9.17, 15) is 0 Å². The molecule has 17 atom stereocenters. The third-order valence-corrected chi connectivity index (χ3v) is 12.8. The smallest absolute Gasteiger partial charge is 0.0343 e. The Bertz CT molecular complexity index is 983. The van der Waals surface area contributed by atoms with Crippen molar-refractivity contribution in [3.63, 3.8) is 0 Å². The van der Waals surface area contributed by atoms with Crippen molar-refractivity contribution in [2.24, 2.45) is 98.9 Å². The van der Waals surface area contributed by atoms with Crippen LogP contribution >= 0.6 is 0 Å². The van der Waals surface area contributed by atoms with Crippen LogP contribution in [0.25, 0.3) is 0 Å². The van der Waals surface area contributed by atoms with E-state index in [1.54, 1.807) is 0 Å². The van der Waals surface area contributed by atoms with Crippen LogP contribution in [0.1, 0.15) is 104 Å². The molecule has 0 aromatic heterocycles. The molecule has 3 rings (SSSR count). The lowest BCUT2D eigenvalue weighted by atomic mass is 9.87. The molecule has 3 fully saturated rings. The summed E-state index contributed by atoms with van der Waals surface area (Å²) in [4.78, 5) is 0. The van der Waals surface area contributed by atoms with Gasteiger partial charge in [0.2, 0.25) is 0 Å². The Morgan fingerprint density at radius 1 is 0.500 bits per heavy atom. The van der Waals surface area contributed by atoms with Gasteiger partial charge in [-0.1, -0.05) is 36.8 Å². The van der Waals surface area contributed by atoms with E-state index in [1.165, 1.54) is 38.5 Å². The second kappa shape index (κ2) is 20.0. The lowest BCUT2D eigenvalue weighted by Crippen LogP contribution is -2.51. The second-order valence-corrected chi connectivity index (χ2v) is 16.7. The molecule has 0 aliphatic heterocycles. The molecule has 3 saturated carbocycles. The van der Waals surface area contributed by atoms with Gasteiger partial charge in [0.15, 0.2) is 0 Å². The predicted octanol–water partition coefficient (Wildman–Crippen LogP) is 3.33. The van der Waals surface area contributed by atoms with E-state index < -0.39 is 0 Å². The summed E-state index contributed by atoms with van der Waals surface area (Å²) in [6.45, 7) is 10.0. The van der Waals surface area contributed by atoms with Crippen LogP contribution in [0.5, 0.6) is 0 Å². The van der Waals surface area contributed by atoms with Crippen molar-refractivity contribution >= 4 is 0 Å². The van der Waals surface area contributed by atoms with Gasteiger partial charge in [0, 0.05) is 54.4 Å². The molecule has 0 amide bonds. The molecule has 9 heteroatoms. The number of hydrogen-bond acceptors (Lipinski definition) is 9. The van der Waals surface area contributed by atoms with Gasteiger partial charge in [-0.2, -0.15) is 0 Å². The molecule has 0 saturated heterocycles. The number of rotatable bonds is 20. The van der Waals surface area contributed by atoms with Gasteiger partial charge in [0.05, 0.1) is 0 Å². The quantitative estimate of drug-likeness (QED) is 0.0862. The van der Waals surface area contributed by atoms with E-state index in [4.69, 9.17) is 51.6 Å². The first-order valence-electron chi connectivity index (χ1n) is 19.5. The SMILES string of the molecule is C=CC1CC(/C=C\C2CC(/C=C\C3CCCC3CCC(N)C(N)C(C)N)CC2CCC(N)C(N)C(C)N)CC1CCC(N)C(N)C(C)N. The number of hydrogen-bond donors (Lipinski definition) is 9. The molecule has 0 aromatic carbocycles. The van der Waals surface area contributed by atoms with E-state index >= 15 is 0 Å². The summed E-state index contributed by atoms with van der Waals surface area (Å²) in [7, 11) is 0. The van der Waals surface area contributed by atoms with Crippen molar-refractivity contribution < 1.29 is 0 Å². The van der Waals surface area contributed by atoms with E-state index in [0.717, 1.165) is 44.9 Å². The Morgan fingerprint density at radius 3 is 1.33 bits per heavy atom. The van der Waals surface area contributed by atoms with Gasteiger partial charge in [0.25, 0.3) is 0 Å². The highest BCUT2D eigenvalue weighted by Crippen LogP contribution is 2.45. The standard InChI is InChI=1S/C39H77N9/c1-5-28-19-26(20-31(28)14-17-35(44)38(47)24(3)41)10-12-32-21-27(22-33(32)15-18-36(45)39(48)25(4)42)9-11-29-7-6-8-30(29)13-16-34(43)37(46)23(2)40/h5,9-12,23-39H,1,6-8,13-22,40-48H2,2-4H3/b11-9-,12-10-. The highest BCUT2D eigenvalue weighted by atomic mass is 14.9. The summed E-state index contributed by atoms with van der Waals surface area (Å²) < 4.78 is 0. The van der Waals surface area contributed by atoms with Gasteiger partial charge in [-0.25, -0.2) is 0 Å². The Labute approximate surface area is 294 Å². The summed E-state index contributed by atoms with van der Waals surface area (Å²) in [5.74, 6) is 4.76. The normalized spacial score (nSPS) is 35.4. The van der Waals surface area contributed by atoms with Crippen LogP contribution in [0, 0.1) is 47.3 Å². The minimum Gasteiger partial charge on any atom is -0.326 e. The zero-order valence-electron chi connectivity index (χ0n) is 30.8. The van der Waals surface area contributed by atoms with E-state index in [0.29, 0.717) is 47.3 Å². The fraction of sp³-hybridized carbons (Fsp3) is 0.846. The van der Waals surface area contributed by atoms with Gasteiger partial charge in [-0.05, 0) is 145 Å². The lowest BCUT2D eigenvalue weighted by Gasteiger charge is -2.25. The minimum absolute atomic E-state index is 0.0344. The molecule has 3 aliphatic rings. The topological polar surface area (TPSA) is 234 Å². The minimum atomic E-state index is -0.173. The van der Waals surface area contributed by atoms with Gasteiger partial charge >= 0.3 is 0 Å². The zero-order valence-corrected chi connectivity index (χ0v) is 30.8. The third kappa shape index (κ3) is 12.3. The Kier molecular flexibility index (Phi) is 17.2. The molecule has 9 nitrogen and oxygen atoms in total. The van der Waals surface area contributed by atoms with Crippen molar-refractivity contribution in [2.75, 3.05) is 0 Å². The maximum Gasteiger partial charge on any atom is 0.0343 e. The van der Waals surface area contributed by atoms with Crippen LogP contribution in [-0.4, -0.2) is 54.4 Å². The van der Waals surface area contributed by atoms with E-state index in [1.807, 2.05) is 20.8 Å². The van der Waals surface area contributed by atoms with Crippen molar-refractivity contribution in [3.05, 3.63) is 37.0 Å². The second-order valence-electron chi connectivity index (χ2n) is 16.7. The summed E-state index contributed by atoms with van der Waals surface area (Å²) in [6.07, 6.45) is 27.0. The van der Waals surface area contributed by atoms with Crippen LogP contribution in [-0.2, 0) is 0 Å². The summed E-state index contributed by atoms with van der Waals surface area (Å²) >= 11 is 0. The Morgan fingerprint density at radius 2 is 0.896 bits per heavy atom. The highest BCUT2D eigenvalue weighted by Gasteiger charge is 2.35. The van der Waals surface area contributed by atoms with Gasteiger partial charge in [-0.3, -0.25) is 0 Å². The van der Waals surface area contributed by atoms with E-state index in [2.05, 4.69) is 37.0 Å². The van der Waals surface area contributed by atoms with Crippen LogP contribution in [0.4, 0.5) is 0 Å². The Hall–Kier alpha value is -1.14. The first-order chi connectivity index (χ1) is 22.7.